The summed E-state index contributed by atoms with van der Waals surface area (Å²) in [6.45, 7) is 1.50. The summed E-state index contributed by atoms with van der Waals surface area (Å²) < 4.78 is 19.4. The average Bonchev–Trinajstić information content (AvgIpc) is 1.79. The first-order chi connectivity index (χ1) is 4.41. The zero-order chi connectivity index (χ0) is 7.83. The van der Waals surface area contributed by atoms with Gasteiger partial charge >= 0.3 is 7.60 Å². The van der Waals surface area contributed by atoms with Gasteiger partial charge in [-0.2, -0.15) is 0 Å². The molecule has 0 aromatic rings. The van der Waals surface area contributed by atoms with Gasteiger partial charge in [0.25, 0.3) is 0 Å². The topological polar surface area (TPSA) is 35.5 Å². The van der Waals surface area contributed by atoms with Gasteiger partial charge in [-0.1, -0.05) is 23.2 Å². The van der Waals surface area contributed by atoms with Gasteiger partial charge in [0.2, 0.25) is 0 Å². The minimum atomic E-state index is -2.84. The standard InChI is InChI=1S/C4H7Cl2O3P/c1-10(7)8-2-4(5,6)3-9-10/h2-3H2,1H3. The van der Waals surface area contributed by atoms with Crippen LogP contribution >= 0.6 is 30.8 Å². The molecule has 6 heteroatoms. The molecule has 0 unspecified atom stereocenters. The molecule has 0 aliphatic carbocycles. The fourth-order valence-electron chi connectivity index (χ4n) is 0.502. The van der Waals surface area contributed by atoms with Crippen molar-refractivity contribution >= 4 is 30.8 Å². The summed E-state index contributed by atoms with van der Waals surface area (Å²) in [6.07, 6.45) is 0. The van der Waals surface area contributed by atoms with E-state index in [9.17, 15) is 4.57 Å². The largest absolute Gasteiger partial charge is 0.327 e. The highest BCUT2D eigenvalue weighted by Crippen LogP contribution is 2.50. The fraction of sp³-hybridized carbons (Fsp3) is 1.00. The van der Waals surface area contributed by atoms with Gasteiger partial charge in [-0.3, -0.25) is 4.57 Å². The number of rotatable bonds is 0. The van der Waals surface area contributed by atoms with E-state index >= 15 is 0 Å². The van der Waals surface area contributed by atoms with Gasteiger partial charge in [-0.25, -0.2) is 0 Å². The van der Waals surface area contributed by atoms with E-state index < -0.39 is 11.9 Å². The lowest BCUT2D eigenvalue weighted by atomic mass is 10.5. The lowest BCUT2D eigenvalue weighted by molar-refractivity contribution is 0.141. The molecule has 1 rings (SSSR count). The summed E-state index contributed by atoms with van der Waals surface area (Å²) in [5, 5.41) is 0. The number of halogens is 2. The average molecular weight is 205 g/mol. The van der Waals surface area contributed by atoms with Gasteiger partial charge in [-0.05, 0) is 0 Å². The van der Waals surface area contributed by atoms with Crippen LogP contribution in [0.4, 0.5) is 0 Å². The van der Waals surface area contributed by atoms with Crippen molar-refractivity contribution in [2.45, 2.75) is 4.33 Å². The Morgan fingerprint density at radius 2 is 1.80 bits per heavy atom. The van der Waals surface area contributed by atoms with Crippen LogP contribution in [0.1, 0.15) is 0 Å². The summed E-state index contributed by atoms with van der Waals surface area (Å²) in [5.41, 5.74) is 0. The first-order valence-electron chi connectivity index (χ1n) is 2.66. The molecule has 0 radical (unpaired) electrons. The van der Waals surface area contributed by atoms with E-state index in [0.29, 0.717) is 0 Å². The molecule has 0 bridgehead atoms. The van der Waals surface area contributed by atoms with Crippen molar-refractivity contribution in [3.8, 4) is 0 Å². The number of hydrogen-bond donors (Lipinski definition) is 0. The zero-order valence-electron chi connectivity index (χ0n) is 5.34. The number of alkyl halides is 2. The highest BCUT2D eigenvalue weighted by atomic mass is 35.5. The number of hydrogen-bond acceptors (Lipinski definition) is 3. The lowest BCUT2D eigenvalue weighted by Crippen LogP contribution is -2.30. The minimum absolute atomic E-state index is 0.0594. The highest BCUT2D eigenvalue weighted by Gasteiger charge is 2.36. The van der Waals surface area contributed by atoms with Gasteiger partial charge in [0.15, 0.2) is 4.33 Å². The Hall–Kier alpha value is 0.730. The van der Waals surface area contributed by atoms with Gasteiger partial charge in [0, 0.05) is 6.66 Å². The van der Waals surface area contributed by atoms with Crippen molar-refractivity contribution < 1.29 is 13.6 Å². The van der Waals surface area contributed by atoms with Crippen LogP contribution in [0.5, 0.6) is 0 Å². The predicted molar refractivity (Wildman–Crippen MR) is 39.9 cm³/mol. The molecule has 1 aliphatic heterocycles. The molecule has 0 amide bonds. The Morgan fingerprint density at radius 1 is 1.40 bits per heavy atom. The third-order valence-electron chi connectivity index (χ3n) is 1.02. The Kier molecular flexibility index (Phi) is 2.34. The molecule has 10 heavy (non-hydrogen) atoms. The Balaban J connectivity index is 2.54. The van der Waals surface area contributed by atoms with Crippen molar-refractivity contribution in [1.82, 2.24) is 0 Å². The Labute approximate surface area is 69.1 Å². The highest BCUT2D eigenvalue weighted by molar-refractivity contribution is 7.53. The van der Waals surface area contributed by atoms with Gasteiger partial charge in [0.05, 0.1) is 13.2 Å². The predicted octanol–water partition coefficient (Wildman–Crippen LogP) is 2.03. The van der Waals surface area contributed by atoms with Crippen LogP contribution in [-0.2, 0) is 13.6 Å². The molecule has 0 atom stereocenters. The van der Waals surface area contributed by atoms with Crippen LogP contribution in [0.15, 0.2) is 0 Å². The third kappa shape index (κ3) is 2.40. The first-order valence-corrected chi connectivity index (χ1v) is 5.40. The maximum atomic E-state index is 11.0. The van der Waals surface area contributed by atoms with Crippen LogP contribution in [0.3, 0.4) is 0 Å². The van der Waals surface area contributed by atoms with E-state index in [1.807, 2.05) is 0 Å². The minimum Gasteiger partial charge on any atom is -0.306 e. The molecule has 0 saturated carbocycles. The van der Waals surface area contributed by atoms with Gasteiger partial charge < -0.3 is 9.05 Å². The van der Waals surface area contributed by atoms with E-state index in [4.69, 9.17) is 32.2 Å². The summed E-state index contributed by atoms with van der Waals surface area (Å²) in [5.74, 6) is 0. The van der Waals surface area contributed by atoms with Crippen molar-refractivity contribution in [1.29, 1.82) is 0 Å². The van der Waals surface area contributed by atoms with E-state index in [2.05, 4.69) is 0 Å². The van der Waals surface area contributed by atoms with Crippen LogP contribution in [-0.4, -0.2) is 24.2 Å². The zero-order valence-corrected chi connectivity index (χ0v) is 7.75. The maximum Gasteiger partial charge on any atom is 0.327 e. The molecule has 0 N–H and O–H groups in total. The summed E-state index contributed by atoms with van der Waals surface area (Å²) in [4.78, 5) is 0. The first kappa shape index (κ1) is 8.82. The second-order valence-electron chi connectivity index (χ2n) is 2.17. The van der Waals surface area contributed by atoms with Crippen molar-refractivity contribution in [2.24, 2.45) is 0 Å². The van der Waals surface area contributed by atoms with Crippen LogP contribution in [0, 0.1) is 0 Å². The molecular weight excluding hydrogens is 198 g/mol. The SMILES string of the molecule is CP1(=O)OCC(Cl)(Cl)CO1. The van der Waals surface area contributed by atoms with Gasteiger partial charge in [-0.15, -0.1) is 0 Å². The molecule has 0 spiro atoms. The monoisotopic (exact) mass is 204 g/mol. The molecule has 1 fully saturated rings. The second kappa shape index (κ2) is 2.65. The normalized spacial score (nSPS) is 29.9. The van der Waals surface area contributed by atoms with Crippen molar-refractivity contribution in [3.63, 3.8) is 0 Å². The maximum absolute atomic E-state index is 11.0. The summed E-state index contributed by atoms with van der Waals surface area (Å²) >= 11 is 11.2. The molecule has 0 aromatic heterocycles. The lowest BCUT2D eigenvalue weighted by Gasteiger charge is -2.28. The van der Waals surface area contributed by atoms with Crippen LogP contribution < -0.4 is 0 Å². The molecule has 1 saturated heterocycles. The molecule has 60 valence electrons. The molecule has 1 aliphatic rings. The second-order valence-corrected chi connectivity index (χ2v) is 5.87. The molecule has 0 aromatic carbocycles. The van der Waals surface area contributed by atoms with E-state index in [1.165, 1.54) is 6.66 Å². The fourth-order valence-corrected chi connectivity index (χ4v) is 2.01. The van der Waals surface area contributed by atoms with E-state index in [-0.39, 0.29) is 13.2 Å². The quantitative estimate of drug-likeness (QED) is 0.448. The van der Waals surface area contributed by atoms with Crippen LogP contribution in [0.25, 0.3) is 0 Å². The molecule has 1 heterocycles. The van der Waals surface area contributed by atoms with Crippen LogP contribution in [0.2, 0.25) is 0 Å². The summed E-state index contributed by atoms with van der Waals surface area (Å²) in [7, 11) is -2.84. The molecular formula is C4H7Cl2O3P. The third-order valence-corrected chi connectivity index (χ3v) is 2.65. The Bertz CT molecular complexity index is 167. The molecule has 3 nitrogen and oxygen atoms in total. The van der Waals surface area contributed by atoms with Crippen molar-refractivity contribution in [3.05, 3.63) is 0 Å². The van der Waals surface area contributed by atoms with E-state index in [0.717, 1.165) is 0 Å². The Morgan fingerprint density at radius 3 is 2.10 bits per heavy atom. The van der Waals surface area contributed by atoms with E-state index in [1.54, 1.807) is 0 Å². The van der Waals surface area contributed by atoms with Crippen molar-refractivity contribution in [2.75, 3.05) is 19.9 Å². The van der Waals surface area contributed by atoms with Gasteiger partial charge in [0.1, 0.15) is 0 Å². The summed E-state index contributed by atoms with van der Waals surface area (Å²) in [6, 6.07) is 0. The smallest absolute Gasteiger partial charge is 0.306 e.